The van der Waals surface area contributed by atoms with E-state index in [0.717, 1.165) is 11.1 Å². The van der Waals surface area contributed by atoms with E-state index in [1.54, 1.807) is 23.7 Å². The maximum absolute atomic E-state index is 15.0. The highest BCUT2D eigenvalue weighted by Gasteiger charge is 2.45. The number of carbonyl (C=O) groups excluding carboxylic acids is 1. The van der Waals surface area contributed by atoms with Crippen LogP contribution in [0.5, 0.6) is 5.75 Å². The first kappa shape index (κ1) is 20.8. The van der Waals surface area contributed by atoms with Gasteiger partial charge in [-0.1, -0.05) is 12.1 Å². The van der Waals surface area contributed by atoms with Gasteiger partial charge in [-0.25, -0.2) is 23.1 Å². The molecule has 2 aromatic heterocycles. The number of hydrogen-bond acceptors (Lipinski definition) is 5. The van der Waals surface area contributed by atoms with E-state index in [1.165, 1.54) is 23.4 Å². The van der Waals surface area contributed by atoms with E-state index in [0.29, 0.717) is 28.7 Å². The summed E-state index contributed by atoms with van der Waals surface area (Å²) < 4.78 is 48.3. The molecule has 0 spiro atoms. The molecule has 7 nitrogen and oxygen atoms in total. The molecule has 2 aromatic carbocycles. The van der Waals surface area contributed by atoms with Gasteiger partial charge in [0.25, 0.3) is 5.91 Å². The Hall–Kier alpha value is -3.82. The van der Waals surface area contributed by atoms with Gasteiger partial charge in [-0.15, -0.1) is 0 Å². The van der Waals surface area contributed by atoms with Gasteiger partial charge in [0, 0.05) is 24.6 Å². The molecule has 1 saturated carbocycles. The van der Waals surface area contributed by atoms with Gasteiger partial charge in [-0.05, 0) is 30.0 Å². The van der Waals surface area contributed by atoms with E-state index in [-0.39, 0.29) is 23.9 Å². The molecule has 174 valence electrons. The molecule has 0 bridgehead atoms. The molecule has 0 radical (unpaired) electrons. The van der Waals surface area contributed by atoms with Crippen LogP contribution in [0.4, 0.5) is 19.0 Å². The van der Waals surface area contributed by atoms with Gasteiger partial charge in [0.15, 0.2) is 0 Å². The second-order valence-electron chi connectivity index (χ2n) is 8.85. The second-order valence-corrected chi connectivity index (χ2v) is 8.85. The van der Waals surface area contributed by atoms with Crippen molar-refractivity contribution in [3.63, 3.8) is 0 Å². The molecule has 34 heavy (non-hydrogen) atoms. The number of fused-ring (bicyclic) bond motifs is 4. The number of nitrogens with two attached hydrogens (primary N) is 1. The Morgan fingerprint density at radius 1 is 1.26 bits per heavy atom. The average Bonchev–Trinajstić information content (AvgIpc) is 3.27. The highest BCUT2D eigenvalue weighted by Crippen LogP contribution is 2.52. The van der Waals surface area contributed by atoms with Gasteiger partial charge in [-0.2, -0.15) is 0 Å². The Balaban J connectivity index is 1.31. The molecular weight excluding hydrogens is 447 g/mol. The van der Waals surface area contributed by atoms with E-state index >= 15 is 0 Å². The first-order valence-corrected chi connectivity index (χ1v) is 10.9. The maximum atomic E-state index is 15.0. The van der Waals surface area contributed by atoms with E-state index in [2.05, 4.69) is 9.97 Å². The zero-order valence-corrected chi connectivity index (χ0v) is 18.1. The van der Waals surface area contributed by atoms with Crippen molar-refractivity contribution in [3.8, 4) is 5.75 Å². The Kier molecular flexibility index (Phi) is 4.48. The third kappa shape index (κ3) is 3.08. The predicted molar refractivity (Wildman–Crippen MR) is 118 cm³/mol. The van der Waals surface area contributed by atoms with Crippen LogP contribution in [0.3, 0.4) is 0 Å². The van der Waals surface area contributed by atoms with Crippen LogP contribution in [-0.2, 0) is 0 Å². The number of nitrogens with zero attached hydrogens (tertiary/aromatic N) is 4. The van der Waals surface area contributed by atoms with E-state index < -0.39 is 30.1 Å². The molecule has 10 heteroatoms. The molecule has 0 saturated heterocycles. The molecule has 3 atom stereocenters. The number of nitrogen functional groups attached to an aromatic ring is 1. The summed E-state index contributed by atoms with van der Waals surface area (Å²) in [5.74, 6) is -1.22. The van der Waals surface area contributed by atoms with Crippen molar-refractivity contribution in [3.05, 3.63) is 65.4 Å². The summed E-state index contributed by atoms with van der Waals surface area (Å²) in [6.07, 6.45) is 1.21. The summed E-state index contributed by atoms with van der Waals surface area (Å²) in [6.45, 7) is 0.197. The first-order chi connectivity index (χ1) is 16.3. The van der Waals surface area contributed by atoms with Crippen molar-refractivity contribution in [1.29, 1.82) is 0 Å². The zero-order valence-electron chi connectivity index (χ0n) is 18.1. The Morgan fingerprint density at radius 2 is 2.09 bits per heavy atom. The zero-order chi connectivity index (χ0) is 23.7. The number of hydrogen-bond donors (Lipinski definition) is 1. The van der Waals surface area contributed by atoms with Gasteiger partial charge >= 0.3 is 0 Å². The lowest BCUT2D eigenvalue weighted by Gasteiger charge is -2.24. The van der Waals surface area contributed by atoms with Crippen LogP contribution >= 0.6 is 0 Å². The number of rotatable bonds is 4. The van der Waals surface area contributed by atoms with Crippen LogP contribution in [0.2, 0.25) is 0 Å². The lowest BCUT2D eigenvalue weighted by Crippen LogP contribution is -2.32. The Bertz CT molecular complexity index is 1470. The van der Waals surface area contributed by atoms with Gasteiger partial charge in [-0.3, -0.25) is 9.20 Å². The molecule has 1 aliphatic heterocycles. The summed E-state index contributed by atoms with van der Waals surface area (Å²) in [4.78, 5) is 23.0. The summed E-state index contributed by atoms with van der Waals surface area (Å²) >= 11 is 0. The van der Waals surface area contributed by atoms with Crippen molar-refractivity contribution >= 4 is 28.3 Å². The fraction of sp³-hybridized carbons (Fsp3) is 0.292. The summed E-state index contributed by atoms with van der Waals surface area (Å²) in [6, 6.07) is 7.60. The minimum absolute atomic E-state index is 0.112. The third-order valence-corrected chi connectivity index (χ3v) is 6.87. The number of alkyl halides is 2. The number of halogens is 3. The van der Waals surface area contributed by atoms with Crippen LogP contribution in [0.1, 0.15) is 39.9 Å². The Labute approximate surface area is 192 Å². The van der Waals surface area contributed by atoms with Crippen LogP contribution < -0.4 is 10.5 Å². The fourth-order valence-corrected chi connectivity index (χ4v) is 4.83. The molecule has 2 N–H and O–H groups in total. The SMILES string of the molecule is CN(C(=O)c1cc2c(cc1F)nc(N)c1cncn12)[C@@H]1COc2cc([C@@H]3C[C@H]3C(F)F)ccc21. The topological polar surface area (TPSA) is 85.8 Å². The highest BCUT2D eigenvalue weighted by atomic mass is 19.3. The minimum atomic E-state index is -2.33. The molecule has 1 fully saturated rings. The molecule has 2 aliphatic rings. The molecule has 6 rings (SSSR count). The van der Waals surface area contributed by atoms with Crippen LogP contribution in [0.15, 0.2) is 42.9 Å². The number of anilines is 1. The minimum Gasteiger partial charge on any atom is -0.491 e. The number of imidazole rings is 1. The van der Waals surface area contributed by atoms with Crippen LogP contribution in [0.25, 0.3) is 16.6 Å². The number of carbonyl (C=O) groups is 1. The molecule has 1 amide bonds. The van der Waals surface area contributed by atoms with E-state index in [1.807, 2.05) is 12.1 Å². The van der Waals surface area contributed by atoms with E-state index in [9.17, 15) is 18.0 Å². The van der Waals surface area contributed by atoms with Gasteiger partial charge < -0.3 is 15.4 Å². The highest BCUT2D eigenvalue weighted by molar-refractivity contribution is 5.98. The van der Waals surface area contributed by atoms with Crippen LogP contribution in [0, 0.1) is 11.7 Å². The van der Waals surface area contributed by atoms with Crippen molar-refractivity contribution in [2.24, 2.45) is 5.92 Å². The normalized spacial score (nSPS) is 21.1. The lowest BCUT2D eigenvalue weighted by molar-refractivity contribution is 0.0704. The monoisotopic (exact) mass is 467 g/mol. The standard InChI is InChI=1S/C24H20F3N5O2/c1-31(20-9-34-21-4-11(2-3-12(20)21)13-5-14(13)22(26)27)24(33)15-6-18-17(7-16(15)25)30-23(28)19-8-29-10-32(18)19/h2-4,6-8,10,13-14,20,22H,5,9H2,1H3,(H2,28,30)/t13-,14+,20+/m0/s1. The number of likely N-dealkylation sites (N-methyl/N-ethyl adjacent to an activating group) is 1. The largest absolute Gasteiger partial charge is 0.491 e. The molecular formula is C24H20F3N5O2. The molecule has 0 unspecified atom stereocenters. The van der Waals surface area contributed by atoms with Gasteiger partial charge in [0.05, 0.1) is 35.2 Å². The number of benzene rings is 2. The average molecular weight is 467 g/mol. The number of aromatic nitrogens is 3. The summed E-state index contributed by atoms with van der Waals surface area (Å²) in [5, 5.41) is 0. The summed E-state index contributed by atoms with van der Waals surface area (Å²) in [5.41, 5.74) is 8.77. The summed E-state index contributed by atoms with van der Waals surface area (Å²) in [7, 11) is 1.59. The van der Waals surface area contributed by atoms with Crippen molar-refractivity contribution in [1.82, 2.24) is 19.3 Å². The maximum Gasteiger partial charge on any atom is 0.257 e. The number of amides is 1. The Morgan fingerprint density at radius 3 is 2.85 bits per heavy atom. The second kappa shape index (κ2) is 7.34. The molecule has 3 heterocycles. The van der Waals surface area contributed by atoms with Gasteiger partial charge in [0.1, 0.15) is 29.5 Å². The molecule has 1 aliphatic carbocycles. The van der Waals surface area contributed by atoms with Crippen LogP contribution in [-0.4, -0.2) is 45.3 Å². The quantitative estimate of drug-likeness (QED) is 0.487. The molecule has 4 aromatic rings. The van der Waals surface area contributed by atoms with E-state index in [4.69, 9.17) is 10.5 Å². The third-order valence-electron chi connectivity index (χ3n) is 6.87. The smallest absolute Gasteiger partial charge is 0.257 e. The van der Waals surface area contributed by atoms with Crippen molar-refractivity contribution in [2.45, 2.75) is 24.8 Å². The number of ether oxygens (including phenoxy) is 1. The van der Waals surface area contributed by atoms with Gasteiger partial charge in [0.2, 0.25) is 6.43 Å². The fourth-order valence-electron chi connectivity index (χ4n) is 4.83. The first-order valence-electron chi connectivity index (χ1n) is 10.9. The van der Waals surface area contributed by atoms with Crippen molar-refractivity contribution < 1.29 is 22.7 Å². The predicted octanol–water partition coefficient (Wildman–Crippen LogP) is 4.18. The lowest BCUT2D eigenvalue weighted by atomic mass is 10.0. The van der Waals surface area contributed by atoms with Crippen molar-refractivity contribution in [2.75, 3.05) is 19.4 Å².